The van der Waals surface area contributed by atoms with E-state index in [0.717, 1.165) is 22.9 Å². The minimum atomic E-state index is -0.525. The van der Waals surface area contributed by atoms with Gasteiger partial charge in [-0.15, -0.1) is 0 Å². The van der Waals surface area contributed by atoms with Gasteiger partial charge in [-0.25, -0.2) is 4.98 Å². The quantitative estimate of drug-likeness (QED) is 0.568. The third-order valence-corrected chi connectivity index (χ3v) is 5.65. The first-order chi connectivity index (χ1) is 13.2. The van der Waals surface area contributed by atoms with Crippen LogP contribution in [0.2, 0.25) is 0 Å². The molecule has 4 aromatic rings. The molecule has 6 heteroatoms. The summed E-state index contributed by atoms with van der Waals surface area (Å²) in [6.45, 7) is 0. The third-order valence-electron chi connectivity index (χ3n) is 4.62. The summed E-state index contributed by atoms with van der Waals surface area (Å²) in [5, 5.41) is 3.85. The summed E-state index contributed by atoms with van der Waals surface area (Å²) < 4.78 is 5.86. The Balaban J connectivity index is 1.45. The maximum Gasteiger partial charge on any atom is 0.286 e. The number of oxazole rings is 1. The first-order valence-corrected chi connectivity index (χ1v) is 9.42. The Kier molecular flexibility index (Phi) is 3.72. The molecule has 27 heavy (non-hydrogen) atoms. The summed E-state index contributed by atoms with van der Waals surface area (Å²) in [6, 6.07) is 20.0. The predicted octanol–water partition coefficient (Wildman–Crippen LogP) is 4.60. The highest BCUT2D eigenvalue weighted by atomic mass is 32.2. The zero-order chi connectivity index (χ0) is 18.4. The molecule has 0 radical (unpaired) electrons. The van der Waals surface area contributed by atoms with Crippen molar-refractivity contribution in [1.82, 2.24) is 10.3 Å². The number of benzene rings is 3. The Morgan fingerprint density at radius 2 is 1.85 bits per heavy atom. The van der Waals surface area contributed by atoms with E-state index in [2.05, 4.69) is 40.6 Å². The number of rotatable bonds is 3. The van der Waals surface area contributed by atoms with Gasteiger partial charge in [-0.05, 0) is 45.8 Å². The van der Waals surface area contributed by atoms with Crippen molar-refractivity contribution in [3.63, 3.8) is 0 Å². The van der Waals surface area contributed by atoms with Gasteiger partial charge in [0, 0.05) is 6.42 Å². The van der Waals surface area contributed by atoms with Crippen molar-refractivity contribution < 1.29 is 14.0 Å². The van der Waals surface area contributed by atoms with E-state index >= 15 is 0 Å². The average Bonchev–Trinajstić information content (AvgIpc) is 3.22. The molecule has 5 nitrogen and oxygen atoms in total. The fourth-order valence-electron chi connectivity index (χ4n) is 3.33. The van der Waals surface area contributed by atoms with E-state index in [1.807, 2.05) is 24.3 Å². The lowest BCUT2D eigenvalue weighted by Crippen LogP contribution is -2.20. The fourth-order valence-corrected chi connectivity index (χ4v) is 4.15. The largest absolute Gasteiger partial charge is 0.440 e. The Labute approximate surface area is 158 Å². The first-order valence-electron chi connectivity index (χ1n) is 8.54. The molecule has 1 saturated heterocycles. The molecule has 1 aliphatic heterocycles. The van der Waals surface area contributed by atoms with Crippen LogP contribution in [-0.4, -0.2) is 16.1 Å². The highest BCUT2D eigenvalue weighted by Gasteiger charge is 2.33. The van der Waals surface area contributed by atoms with Crippen molar-refractivity contribution in [1.29, 1.82) is 0 Å². The lowest BCUT2D eigenvalue weighted by Gasteiger charge is -2.03. The Morgan fingerprint density at radius 1 is 1.00 bits per heavy atom. The molecule has 5 rings (SSSR count). The van der Waals surface area contributed by atoms with Crippen LogP contribution in [-0.2, 0) is 11.2 Å². The Morgan fingerprint density at radius 3 is 2.67 bits per heavy atom. The van der Waals surface area contributed by atoms with Crippen LogP contribution in [0.15, 0.2) is 65.1 Å². The molecule has 0 saturated carbocycles. The van der Waals surface area contributed by atoms with Gasteiger partial charge in [-0.2, -0.15) is 0 Å². The number of fused-ring (bicyclic) bond motifs is 2. The molecule has 2 heterocycles. The van der Waals surface area contributed by atoms with Crippen molar-refractivity contribution in [2.75, 3.05) is 0 Å². The van der Waals surface area contributed by atoms with Crippen LogP contribution in [0.3, 0.4) is 0 Å². The van der Waals surface area contributed by atoms with Gasteiger partial charge in [0.2, 0.25) is 5.91 Å². The van der Waals surface area contributed by atoms with Crippen molar-refractivity contribution in [2.45, 2.75) is 11.7 Å². The Hall–Kier alpha value is -3.12. The van der Waals surface area contributed by atoms with Crippen molar-refractivity contribution >= 4 is 44.8 Å². The zero-order valence-electron chi connectivity index (χ0n) is 14.1. The summed E-state index contributed by atoms with van der Waals surface area (Å²) in [7, 11) is 0. The number of thioether (sulfide) groups is 1. The summed E-state index contributed by atoms with van der Waals surface area (Å²) in [6.07, 6.45) is 0.589. The molecule has 0 spiro atoms. The molecule has 0 aliphatic carbocycles. The number of carbonyl (C=O) groups is 2. The number of aromatic nitrogens is 1. The number of hydrogen-bond acceptors (Lipinski definition) is 5. The number of imide groups is 1. The molecule has 1 aliphatic rings. The zero-order valence-corrected chi connectivity index (χ0v) is 15.0. The van der Waals surface area contributed by atoms with Crippen LogP contribution in [0.5, 0.6) is 0 Å². The topological polar surface area (TPSA) is 72.2 Å². The number of nitrogens with zero attached hydrogens (tertiary/aromatic N) is 1. The lowest BCUT2D eigenvalue weighted by molar-refractivity contribution is -0.119. The third kappa shape index (κ3) is 2.98. The maximum atomic E-state index is 11.9. The van der Waals surface area contributed by atoms with Crippen LogP contribution in [0.1, 0.15) is 22.3 Å². The van der Waals surface area contributed by atoms with E-state index < -0.39 is 5.25 Å². The van der Waals surface area contributed by atoms with Crippen molar-refractivity contribution in [3.8, 4) is 0 Å². The molecular formula is C21H14N2O3S. The van der Waals surface area contributed by atoms with Crippen molar-refractivity contribution in [3.05, 3.63) is 77.7 Å². The van der Waals surface area contributed by atoms with E-state index in [9.17, 15) is 9.59 Å². The summed E-state index contributed by atoms with van der Waals surface area (Å²) in [4.78, 5) is 27.8. The SMILES string of the molecule is O=C1NC(=O)C(c2ccc3oc(Cc4ccc5ccccc5c4)nc3c2)S1. The van der Waals surface area contributed by atoms with Gasteiger partial charge < -0.3 is 4.42 Å². The van der Waals surface area contributed by atoms with Crippen molar-refractivity contribution in [2.24, 2.45) is 0 Å². The molecule has 132 valence electrons. The monoisotopic (exact) mass is 374 g/mol. The number of amides is 2. The molecule has 3 aromatic carbocycles. The molecular weight excluding hydrogens is 360 g/mol. The predicted molar refractivity (Wildman–Crippen MR) is 105 cm³/mol. The van der Waals surface area contributed by atoms with E-state index in [1.165, 1.54) is 10.8 Å². The van der Waals surface area contributed by atoms with Gasteiger partial charge in [0.25, 0.3) is 5.24 Å². The number of carbonyl (C=O) groups excluding carboxylic acids is 2. The van der Waals surface area contributed by atoms with Crippen LogP contribution in [0, 0.1) is 0 Å². The lowest BCUT2D eigenvalue weighted by atomic mass is 10.1. The molecule has 1 unspecified atom stereocenters. The molecule has 2 amide bonds. The molecule has 1 fully saturated rings. The molecule has 1 N–H and O–H groups in total. The highest BCUT2D eigenvalue weighted by Crippen LogP contribution is 2.35. The average molecular weight is 374 g/mol. The van der Waals surface area contributed by atoms with Gasteiger partial charge in [0.1, 0.15) is 10.8 Å². The van der Waals surface area contributed by atoms with E-state index in [0.29, 0.717) is 23.4 Å². The molecule has 0 bridgehead atoms. The summed E-state index contributed by atoms with van der Waals surface area (Å²) in [5.41, 5.74) is 3.23. The first kappa shape index (κ1) is 16.1. The van der Waals surface area contributed by atoms with Gasteiger partial charge in [-0.3, -0.25) is 14.9 Å². The van der Waals surface area contributed by atoms with E-state index in [4.69, 9.17) is 4.42 Å². The summed E-state index contributed by atoms with van der Waals surface area (Å²) >= 11 is 0.988. The molecule has 1 aromatic heterocycles. The minimum absolute atomic E-state index is 0.288. The van der Waals surface area contributed by atoms with Gasteiger partial charge in [0.15, 0.2) is 11.5 Å². The standard InChI is InChI=1S/C21H14N2O3S/c24-20-19(27-21(25)23-20)15-7-8-17-16(11-15)22-18(26-17)10-12-5-6-13-3-1-2-4-14(13)9-12/h1-9,11,19H,10H2,(H,23,24,25). The van der Waals surface area contributed by atoms with Gasteiger partial charge >= 0.3 is 0 Å². The maximum absolute atomic E-state index is 11.9. The smallest absolute Gasteiger partial charge is 0.286 e. The second-order valence-corrected chi connectivity index (χ2v) is 7.55. The fraction of sp³-hybridized carbons (Fsp3) is 0.0952. The van der Waals surface area contributed by atoms with Gasteiger partial charge in [0.05, 0.1) is 0 Å². The second kappa shape index (κ2) is 6.25. The van der Waals surface area contributed by atoms with Crippen LogP contribution in [0.4, 0.5) is 4.79 Å². The number of nitrogens with one attached hydrogen (secondary N) is 1. The normalized spacial score (nSPS) is 17.0. The van der Waals surface area contributed by atoms with E-state index in [1.54, 1.807) is 6.07 Å². The van der Waals surface area contributed by atoms with Crippen LogP contribution >= 0.6 is 11.8 Å². The second-order valence-electron chi connectivity index (χ2n) is 6.47. The Bertz CT molecular complexity index is 1210. The highest BCUT2D eigenvalue weighted by molar-refractivity contribution is 8.15. The number of hydrogen-bond donors (Lipinski definition) is 1. The van der Waals surface area contributed by atoms with Crippen LogP contribution in [0.25, 0.3) is 21.9 Å². The van der Waals surface area contributed by atoms with Crippen LogP contribution < -0.4 is 5.32 Å². The molecule has 1 atom stereocenters. The van der Waals surface area contributed by atoms with E-state index in [-0.39, 0.29) is 11.1 Å². The summed E-state index contributed by atoms with van der Waals surface area (Å²) in [5.74, 6) is 0.335. The van der Waals surface area contributed by atoms with Gasteiger partial charge in [-0.1, -0.05) is 48.5 Å². The minimum Gasteiger partial charge on any atom is -0.440 e.